The Morgan fingerprint density at radius 3 is 2.64 bits per heavy atom. The minimum absolute atomic E-state index is 0.183. The van der Waals surface area contributed by atoms with Crippen LogP contribution in [0.3, 0.4) is 0 Å². The van der Waals surface area contributed by atoms with Gasteiger partial charge in [0, 0.05) is 12.7 Å². The number of amides is 1. The van der Waals surface area contributed by atoms with Crippen LogP contribution in [0.25, 0.3) is 11.0 Å². The summed E-state index contributed by atoms with van der Waals surface area (Å²) in [7, 11) is 1.69. The standard InChI is InChI=1S/C18H17F3N6O/c1-23-7-13(9-2-3-12(19)11(6-9)16(20)21)27-18-15-14(25-8-26-18)10(17(22)28)4-5-24-15/h2-6,8,13,16,23H,7H2,1H3,(H2,22,28)(H,25,26,27). The molecule has 0 aliphatic rings. The number of carbonyl (C=O) groups excluding carboxylic acids is 1. The number of nitrogens with two attached hydrogens (primary N) is 1. The number of benzene rings is 1. The number of alkyl halides is 2. The molecule has 0 saturated heterocycles. The van der Waals surface area contributed by atoms with E-state index < -0.39 is 29.8 Å². The van der Waals surface area contributed by atoms with E-state index in [-0.39, 0.29) is 16.9 Å². The molecule has 0 aliphatic carbocycles. The number of likely N-dealkylation sites (N-methyl/N-ethyl adjacent to an activating group) is 1. The van der Waals surface area contributed by atoms with Crippen molar-refractivity contribution >= 4 is 22.8 Å². The third-order valence-electron chi connectivity index (χ3n) is 4.16. The third-order valence-corrected chi connectivity index (χ3v) is 4.16. The van der Waals surface area contributed by atoms with Gasteiger partial charge in [0.15, 0.2) is 5.82 Å². The van der Waals surface area contributed by atoms with E-state index in [4.69, 9.17) is 5.73 Å². The van der Waals surface area contributed by atoms with Crippen molar-refractivity contribution in [3.05, 3.63) is 59.3 Å². The van der Waals surface area contributed by atoms with Crippen molar-refractivity contribution < 1.29 is 18.0 Å². The highest BCUT2D eigenvalue weighted by molar-refractivity contribution is 6.05. The number of nitrogens with zero attached hydrogens (tertiary/aromatic N) is 3. The second-order valence-corrected chi connectivity index (χ2v) is 5.98. The molecule has 2 aromatic heterocycles. The van der Waals surface area contributed by atoms with E-state index in [2.05, 4.69) is 25.6 Å². The molecule has 0 spiro atoms. The minimum Gasteiger partial charge on any atom is -0.366 e. The maximum atomic E-state index is 13.6. The van der Waals surface area contributed by atoms with Gasteiger partial charge in [-0.15, -0.1) is 0 Å². The van der Waals surface area contributed by atoms with Gasteiger partial charge in [-0.25, -0.2) is 23.1 Å². The predicted molar refractivity (Wildman–Crippen MR) is 97.5 cm³/mol. The van der Waals surface area contributed by atoms with E-state index in [1.807, 2.05) is 0 Å². The van der Waals surface area contributed by atoms with Gasteiger partial charge < -0.3 is 16.4 Å². The number of hydrogen-bond donors (Lipinski definition) is 3. The van der Waals surface area contributed by atoms with Crippen molar-refractivity contribution in [2.45, 2.75) is 12.5 Å². The van der Waals surface area contributed by atoms with Crippen molar-refractivity contribution in [3.8, 4) is 0 Å². The third kappa shape index (κ3) is 3.86. The average Bonchev–Trinajstić information content (AvgIpc) is 2.67. The zero-order chi connectivity index (χ0) is 20.3. The highest BCUT2D eigenvalue weighted by Gasteiger charge is 2.20. The molecule has 0 radical (unpaired) electrons. The fraction of sp³-hybridized carbons (Fsp3) is 0.222. The number of fused-ring (bicyclic) bond motifs is 1. The summed E-state index contributed by atoms with van der Waals surface area (Å²) < 4.78 is 39.8. The van der Waals surface area contributed by atoms with Crippen LogP contribution >= 0.6 is 0 Å². The smallest absolute Gasteiger partial charge is 0.266 e. The van der Waals surface area contributed by atoms with Gasteiger partial charge in [-0.2, -0.15) is 0 Å². The number of halogens is 3. The fourth-order valence-corrected chi connectivity index (χ4v) is 2.84. The largest absolute Gasteiger partial charge is 0.366 e. The zero-order valence-corrected chi connectivity index (χ0v) is 14.8. The number of nitrogens with one attached hydrogen (secondary N) is 2. The summed E-state index contributed by atoms with van der Waals surface area (Å²) in [6.07, 6.45) is -0.295. The molecule has 0 saturated carbocycles. The quantitative estimate of drug-likeness (QED) is 0.573. The Balaban J connectivity index is 2.03. The van der Waals surface area contributed by atoms with Gasteiger partial charge >= 0.3 is 0 Å². The van der Waals surface area contributed by atoms with Gasteiger partial charge in [0.2, 0.25) is 0 Å². The Morgan fingerprint density at radius 1 is 1.18 bits per heavy atom. The van der Waals surface area contributed by atoms with Crippen molar-refractivity contribution in [3.63, 3.8) is 0 Å². The average molecular weight is 390 g/mol. The number of aromatic nitrogens is 3. The number of carbonyl (C=O) groups is 1. The lowest BCUT2D eigenvalue weighted by molar-refractivity contribution is 0.100. The molecule has 1 atom stereocenters. The van der Waals surface area contributed by atoms with Crippen LogP contribution in [0.4, 0.5) is 19.0 Å². The summed E-state index contributed by atoms with van der Waals surface area (Å²) in [5.74, 6) is -1.34. The van der Waals surface area contributed by atoms with Crippen LogP contribution in [0, 0.1) is 5.82 Å². The first-order valence-corrected chi connectivity index (χ1v) is 8.30. The molecule has 10 heteroatoms. The lowest BCUT2D eigenvalue weighted by Crippen LogP contribution is -2.24. The van der Waals surface area contributed by atoms with E-state index in [0.29, 0.717) is 17.6 Å². The predicted octanol–water partition coefficient (Wildman–Crippen LogP) is 2.57. The molecule has 3 rings (SSSR count). The lowest BCUT2D eigenvalue weighted by atomic mass is 10.0. The van der Waals surface area contributed by atoms with E-state index in [1.54, 1.807) is 7.05 Å². The number of hydrogen-bond acceptors (Lipinski definition) is 6. The molecular weight excluding hydrogens is 373 g/mol. The second kappa shape index (κ2) is 8.17. The van der Waals surface area contributed by atoms with Crippen LogP contribution in [-0.4, -0.2) is 34.5 Å². The maximum Gasteiger partial charge on any atom is 0.266 e. The Labute approximate surface area is 158 Å². The summed E-state index contributed by atoms with van der Waals surface area (Å²) >= 11 is 0. The molecule has 146 valence electrons. The second-order valence-electron chi connectivity index (χ2n) is 5.98. The highest BCUT2D eigenvalue weighted by atomic mass is 19.3. The summed E-state index contributed by atoms with van der Waals surface area (Å²) in [6, 6.07) is 4.45. The molecule has 7 nitrogen and oxygen atoms in total. The number of anilines is 1. The monoisotopic (exact) mass is 390 g/mol. The Morgan fingerprint density at radius 2 is 1.96 bits per heavy atom. The van der Waals surface area contributed by atoms with Crippen LogP contribution in [0.1, 0.15) is 34.0 Å². The Kier molecular flexibility index (Phi) is 5.69. The molecule has 28 heavy (non-hydrogen) atoms. The van der Waals surface area contributed by atoms with Gasteiger partial charge in [-0.05, 0) is 30.8 Å². The van der Waals surface area contributed by atoms with Gasteiger partial charge in [-0.3, -0.25) is 9.78 Å². The van der Waals surface area contributed by atoms with Crippen LogP contribution in [0.15, 0.2) is 36.8 Å². The highest BCUT2D eigenvalue weighted by Crippen LogP contribution is 2.28. The summed E-state index contributed by atoms with van der Waals surface area (Å²) in [5, 5.41) is 6.04. The maximum absolute atomic E-state index is 13.6. The summed E-state index contributed by atoms with van der Waals surface area (Å²) in [6.45, 7) is 0.329. The molecule has 1 amide bonds. The Hall–Kier alpha value is -3.27. The molecule has 0 fully saturated rings. The van der Waals surface area contributed by atoms with E-state index in [9.17, 15) is 18.0 Å². The SMILES string of the molecule is CNCC(Nc1ncnc2c(C(N)=O)ccnc12)c1ccc(F)c(C(F)F)c1. The normalized spacial score (nSPS) is 12.3. The first-order chi connectivity index (χ1) is 13.4. The topological polar surface area (TPSA) is 106 Å². The molecule has 0 aliphatic heterocycles. The molecule has 3 aromatic rings. The fourth-order valence-electron chi connectivity index (χ4n) is 2.84. The number of rotatable bonds is 7. The van der Waals surface area contributed by atoms with E-state index in [1.165, 1.54) is 24.7 Å². The van der Waals surface area contributed by atoms with E-state index >= 15 is 0 Å². The van der Waals surface area contributed by atoms with Crippen molar-refractivity contribution in [1.29, 1.82) is 0 Å². The minimum atomic E-state index is -2.94. The molecule has 1 unspecified atom stereocenters. The molecular formula is C18H17F3N6O. The van der Waals surface area contributed by atoms with Gasteiger partial charge in [0.05, 0.1) is 17.2 Å². The zero-order valence-electron chi connectivity index (χ0n) is 14.8. The first-order valence-electron chi connectivity index (χ1n) is 8.30. The number of pyridine rings is 1. The lowest BCUT2D eigenvalue weighted by Gasteiger charge is -2.21. The van der Waals surface area contributed by atoms with Crippen LogP contribution < -0.4 is 16.4 Å². The van der Waals surface area contributed by atoms with Crippen LogP contribution in [-0.2, 0) is 0 Å². The van der Waals surface area contributed by atoms with Crippen molar-refractivity contribution in [2.24, 2.45) is 5.73 Å². The van der Waals surface area contributed by atoms with Gasteiger partial charge in [0.25, 0.3) is 12.3 Å². The van der Waals surface area contributed by atoms with Gasteiger partial charge in [-0.1, -0.05) is 6.07 Å². The molecule has 1 aromatic carbocycles. The summed E-state index contributed by atoms with van der Waals surface area (Å²) in [4.78, 5) is 24.0. The van der Waals surface area contributed by atoms with Gasteiger partial charge in [0.1, 0.15) is 23.2 Å². The number of primary amides is 1. The first kappa shape index (κ1) is 19.5. The van der Waals surface area contributed by atoms with Crippen molar-refractivity contribution in [1.82, 2.24) is 20.3 Å². The van der Waals surface area contributed by atoms with Crippen LogP contribution in [0.2, 0.25) is 0 Å². The van der Waals surface area contributed by atoms with Crippen molar-refractivity contribution in [2.75, 3.05) is 18.9 Å². The van der Waals surface area contributed by atoms with Crippen LogP contribution in [0.5, 0.6) is 0 Å². The molecule has 4 N–H and O–H groups in total. The Bertz CT molecular complexity index is 1010. The molecule has 0 bridgehead atoms. The summed E-state index contributed by atoms with van der Waals surface area (Å²) in [5.41, 5.74) is 5.87. The van der Waals surface area contributed by atoms with E-state index in [0.717, 1.165) is 12.1 Å². The molecule has 2 heterocycles.